The molecule has 1 aliphatic carbocycles. The van der Waals surface area contributed by atoms with E-state index in [1.165, 1.54) is 10.8 Å². The van der Waals surface area contributed by atoms with E-state index >= 15 is 0 Å². The van der Waals surface area contributed by atoms with Crippen molar-refractivity contribution in [3.63, 3.8) is 0 Å². The molecule has 4 heterocycles. The number of aromatic nitrogens is 4. The average Bonchev–Trinajstić information content (AvgIpc) is 3.77. The molecule has 2 fully saturated rings. The molecular formula is C49H52ClN7O6S. The van der Waals surface area contributed by atoms with Gasteiger partial charge in [-0.1, -0.05) is 51.4 Å². The van der Waals surface area contributed by atoms with Crippen LogP contribution < -0.4 is 25.2 Å². The summed E-state index contributed by atoms with van der Waals surface area (Å²) in [5, 5.41) is 13.5. The van der Waals surface area contributed by atoms with Crippen LogP contribution in [-0.2, 0) is 23.3 Å². The molecule has 0 atom stereocenters. The molecule has 15 heteroatoms. The summed E-state index contributed by atoms with van der Waals surface area (Å²) in [5.74, 6) is 2.65. The second-order valence-corrected chi connectivity index (χ2v) is 20.7. The lowest BCUT2D eigenvalue weighted by Crippen LogP contribution is -2.74. The fourth-order valence-electron chi connectivity index (χ4n) is 9.84. The lowest BCUT2D eigenvalue weighted by atomic mass is 9.49. The number of fused-ring (bicyclic) bond motifs is 1. The zero-order valence-electron chi connectivity index (χ0n) is 36.8. The van der Waals surface area contributed by atoms with Crippen LogP contribution in [0.3, 0.4) is 0 Å². The molecule has 1 aliphatic heterocycles. The molecule has 332 valence electrons. The van der Waals surface area contributed by atoms with Gasteiger partial charge in [-0.3, -0.25) is 9.59 Å². The Morgan fingerprint density at radius 2 is 1.72 bits per heavy atom. The number of pyridine rings is 1. The molecule has 0 spiro atoms. The lowest BCUT2D eigenvalue weighted by molar-refractivity contribution is -0.164. The highest BCUT2D eigenvalue weighted by atomic mass is 35.5. The van der Waals surface area contributed by atoms with E-state index in [2.05, 4.69) is 65.0 Å². The largest absolute Gasteiger partial charge is 0.489 e. The minimum Gasteiger partial charge on any atom is -0.489 e. The van der Waals surface area contributed by atoms with E-state index in [0.717, 1.165) is 50.8 Å². The average molecular weight is 903 g/mol. The van der Waals surface area contributed by atoms with E-state index in [0.29, 0.717) is 67.3 Å². The number of anilines is 1. The topological polar surface area (TPSA) is 172 Å². The van der Waals surface area contributed by atoms with Crippen LogP contribution in [0.5, 0.6) is 17.2 Å². The van der Waals surface area contributed by atoms with Crippen LogP contribution in [0.4, 0.5) is 5.95 Å². The van der Waals surface area contributed by atoms with Gasteiger partial charge in [0.05, 0.1) is 21.0 Å². The van der Waals surface area contributed by atoms with Gasteiger partial charge in [0.2, 0.25) is 5.95 Å². The fourth-order valence-corrected chi connectivity index (χ4v) is 10.7. The van der Waals surface area contributed by atoms with Gasteiger partial charge in [-0.15, -0.1) is 0 Å². The van der Waals surface area contributed by atoms with Crippen LogP contribution in [0.2, 0.25) is 5.02 Å². The number of carbonyl (C=O) groups excluding carboxylic acids is 1. The van der Waals surface area contributed by atoms with E-state index in [-0.39, 0.29) is 28.5 Å². The molecule has 0 unspecified atom stereocenters. The number of sulfone groups is 1. The van der Waals surface area contributed by atoms with Gasteiger partial charge in [-0.05, 0) is 92.1 Å². The number of H-pyrrole nitrogens is 1. The van der Waals surface area contributed by atoms with Gasteiger partial charge in [-0.25, -0.2) is 18.4 Å². The Balaban J connectivity index is 0.833. The molecule has 0 radical (unpaired) electrons. The number of piperidine rings is 1. The summed E-state index contributed by atoms with van der Waals surface area (Å²) in [6, 6.07) is 21.5. The highest BCUT2D eigenvalue weighted by Crippen LogP contribution is 2.55. The second-order valence-electron chi connectivity index (χ2n) is 18.3. The summed E-state index contributed by atoms with van der Waals surface area (Å²) in [5.41, 5.74) is 2.64. The van der Waals surface area contributed by atoms with Crippen LogP contribution in [0.25, 0.3) is 22.0 Å². The number of aryl methyl sites for hydroxylation is 2. The number of rotatable bonds is 13. The van der Waals surface area contributed by atoms with Crippen molar-refractivity contribution in [2.24, 2.45) is 23.8 Å². The van der Waals surface area contributed by atoms with Crippen molar-refractivity contribution in [1.82, 2.24) is 24.8 Å². The smallest absolute Gasteiger partial charge is 0.274 e. The summed E-state index contributed by atoms with van der Waals surface area (Å²) in [6.45, 7) is 9.94. The quantitative estimate of drug-likeness (QED) is 0.114. The summed E-state index contributed by atoms with van der Waals surface area (Å²) in [4.78, 5) is 40.8. The zero-order valence-corrected chi connectivity index (χ0v) is 38.4. The van der Waals surface area contributed by atoms with Crippen molar-refractivity contribution in [2.45, 2.75) is 76.8 Å². The summed E-state index contributed by atoms with van der Waals surface area (Å²) >= 11 is 6.25. The SMILES string of the molecule is Cn1cc(-c2cc(S(C)(=O)=O)ccc2Oc2cccc(CCCC3CCN(c4ncc(C(=O)NC5C(C)(C)C(Oc6ccc(C#N)c(Cl)c6)C5(C)C)cn4)CC3)c2)c2cc[nH]c2c1=O. The highest BCUT2D eigenvalue weighted by Gasteiger charge is 2.64. The van der Waals surface area contributed by atoms with Crippen LogP contribution in [0.1, 0.15) is 74.9 Å². The number of nitrogens with one attached hydrogen (secondary N) is 2. The van der Waals surface area contributed by atoms with E-state index in [4.69, 9.17) is 21.1 Å². The van der Waals surface area contributed by atoms with Gasteiger partial charge >= 0.3 is 0 Å². The highest BCUT2D eigenvalue weighted by molar-refractivity contribution is 7.90. The number of amides is 1. The van der Waals surface area contributed by atoms with Crippen molar-refractivity contribution >= 4 is 44.2 Å². The monoisotopic (exact) mass is 901 g/mol. The van der Waals surface area contributed by atoms with E-state index in [1.54, 1.807) is 68.2 Å². The van der Waals surface area contributed by atoms with Crippen molar-refractivity contribution < 1.29 is 22.7 Å². The van der Waals surface area contributed by atoms with Crippen LogP contribution in [-0.4, -0.2) is 65.3 Å². The number of benzene rings is 3. The van der Waals surface area contributed by atoms with Gasteiger partial charge in [0.15, 0.2) is 9.84 Å². The first-order valence-electron chi connectivity index (χ1n) is 21.5. The molecule has 3 aromatic heterocycles. The number of halogens is 1. The van der Waals surface area contributed by atoms with Crippen molar-refractivity contribution in [3.8, 4) is 34.4 Å². The van der Waals surface area contributed by atoms with Gasteiger partial charge in [0.25, 0.3) is 11.5 Å². The molecule has 13 nitrogen and oxygen atoms in total. The fraction of sp³-hybridized carbons (Fsp3) is 0.367. The van der Waals surface area contributed by atoms with Crippen molar-refractivity contribution in [2.75, 3.05) is 24.2 Å². The molecule has 2 aliphatic rings. The number of carbonyl (C=O) groups is 1. The minimum absolute atomic E-state index is 0.158. The third kappa shape index (κ3) is 8.84. The van der Waals surface area contributed by atoms with Crippen molar-refractivity contribution in [1.29, 1.82) is 5.26 Å². The Bertz CT molecular complexity index is 2930. The number of aromatic amines is 1. The van der Waals surface area contributed by atoms with Gasteiger partial charge < -0.3 is 29.2 Å². The van der Waals surface area contributed by atoms with Crippen LogP contribution >= 0.6 is 11.6 Å². The summed E-state index contributed by atoms with van der Waals surface area (Å²) in [7, 11) is -1.85. The van der Waals surface area contributed by atoms with E-state index in [1.807, 2.05) is 24.3 Å². The van der Waals surface area contributed by atoms with E-state index in [9.17, 15) is 23.3 Å². The molecule has 3 aromatic carbocycles. The molecule has 1 saturated carbocycles. The molecular weight excluding hydrogens is 850 g/mol. The predicted octanol–water partition coefficient (Wildman–Crippen LogP) is 8.90. The molecule has 1 saturated heterocycles. The lowest BCUT2D eigenvalue weighted by Gasteiger charge is -2.63. The van der Waals surface area contributed by atoms with Crippen molar-refractivity contribution in [3.05, 3.63) is 124 Å². The molecule has 0 bridgehead atoms. The Morgan fingerprint density at radius 3 is 2.41 bits per heavy atom. The van der Waals surface area contributed by atoms with Gasteiger partial charge in [-0.2, -0.15) is 5.26 Å². The normalized spacial score (nSPS) is 18.2. The Labute approximate surface area is 378 Å². The maximum Gasteiger partial charge on any atom is 0.274 e. The predicted molar refractivity (Wildman–Crippen MR) is 248 cm³/mol. The maximum absolute atomic E-state index is 13.5. The molecule has 8 rings (SSSR count). The van der Waals surface area contributed by atoms with Gasteiger partial charge in [0.1, 0.15) is 34.9 Å². The number of hydrogen-bond acceptors (Lipinski definition) is 10. The molecule has 1 amide bonds. The maximum atomic E-state index is 13.5. The number of hydrogen-bond donors (Lipinski definition) is 2. The zero-order chi connectivity index (χ0) is 45.6. The molecule has 2 N–H and O–H groups in total. The first kappa shape index (κ1) is 44.4. The Morgan fingerprint density at radius 1 is 0.984 bits per heavy atom. The first-order chi connectivity index (χ1) is 30.4. The van der Waals surface area contributed by atoms with Crippen LogP contribution in [0, 0.1) is 28.1 Å². The Kier molecular flexibility index (Phi) is 12.1. The third-order valence-corrected chi connectivity index (χ3v) is 14.4. The summed E-state index contributed by atoms with van der Waals surface area (Å²) < 4.78 is 39.5. The van der Waals surface area contributed by atoms with Crippen LogP contribution in [0.15, 0.2) is 101 Å². The molecule has 6 aromatic rings. The Hall–Kier alpha value is -6.17. The summed E-state index contributed by atoms with van der Waals surface area (Å²) in [6.07, 6.45) is 12.6. The van der Waals surface area contributed by atoms with Gasteiger partial charge in [0, 0.05) is 90.6 Å². The number of ether oxygens (including phenoxy) is 2. The molecule has 64 heavy (non-hydrogen) atoms. The standard InChI is InChI=1S/C49H52ClN7O6S/c1-48(2)45(49(3,4)46(48)63-35-14-13-32(26-51)40(50)24-35)55-43(58)33-27-53-47(54-28-33)57-21-18-30(19-22-57)9-7-10-31-11-8-12-34(23-31)62-41-16-15-36(64(6,60)61)25-38(41)39-29-56(5)44(59)42-37(39)17-20-52-42/h8,11-17,20,23-25,27-30,45-46,52H,7,9-10,18-19,21-22H2,1-6H3,(H,55,58). The third-order valence-electron chi connectivity index (χ3n) is 13.0. The van der Waals surface area contributed by atoms with E-state index < -0.39 is 20.7 Å². The number of nitriles is 1. The first-order valence-corrected chi connectivity index (χ1v) is 23.7. The number of nitrogens with zero attached hydrogens (tertiary/aromatic N) is 5. The minimum atomic E-state index is -3.51. The second kappa shape index (κ2) is 17.4.